The van der Waals surface area contributed by atoms with Crippen molar-refractivity contribution in [1.29, 1.82) is 0 Å². The van der Waals surface area contributed by atoms with Crippen LogP contribution < -0.4 is 0 Å². The molecule has 0 spiro atoms. The minimum Gasteiger partial charge on any atom is -0.341 e. The van der Waals surface area contributed by atoms with Crippen LogP contribution in [0, 0.1) is 13.8 Å². The van der Waals surface area contributed by atoms with E-state index in [9.17, 15) is 0 Å². The van der Waals surface area contributed by atoms with Crippen LogP contribution in [0.15, 0.2) is 22.8 Å². The normalized spacial score (nSPS) is 10.8. The Morgan fingerprint density at radius 2 is 1.94 bits per heavy atom. The summed E-state index contributed by atoms with van der Waals surface area (Å²) in [5.74, 6) is 1.33. The smallest absolute Gasteiger partial charge is 0.137 e. The van der Waals surface area contributed by atoms with Crippen molar-refractivity contribution in [2.45, 2.75) is 19.7 Å². The highest BCUT2D eigenvalue weighted by atomic mass is 79.9. The maximum absolute atomic E-state index is 5.74. The van der Waals surface area contributed by atoms with Crippen LogP contribution in [0.1, 0.15) is 16.8 Å². The van der Waals surface area contributed by atoms with E-state index in [4.69, 9.17) is 11.6 Å². The molecule has 0 aliphatic heterocycles. The summed E-state index contributed by atoms with van der Waals surface area (Å²) in [6.07, 6.45) is 1.77. The number of nitrogens with one attached hydrogen (secondary N) is 1. The van der Waals surface area contributed by atoms with Crippen LogP contribution in [0.4, 0.5) is 0 Å². The van der Waals surface area contributed by atoms with E-state index in [1.54, 1.807) is 6.20 Å². The highest BCUT2D eigenvalue weighted by Gasteiger charge is 2.07. The number of nitrogens with zero attached hydrogens (tertiary/aromatic N) is 1. The molecule has 1 N–H and O–H groups in total. The molecule has 1 aromatic heterocycles. The Balaban J connectivity index is 2.48. The molecule has 2 nitrogen and oxygen atoms in total. The number of hydrogen-bond acceptors (Lipinski definition) is 1. The monoisotopic (exact) mass is 298 g/mol. The van der Waals surface area contributed by atoms with Crippen LogP contribution >= 0.6 is 27.5 Å². The molecule has 0 fully saturated rings. The third-order valence-electron chi connectivity index (χ3n) is 2.48. The number of halogens is 2. The lowest BCUT2D eigenvalue weighted by molar-refractivity contribution is 1.22. The number of hydrogen-bond donors (Lipinski definition) is 1. The van der Waals surface area contributed by atoms with Crippen molar-refractivity contribution in [3.8, 4) is 11.4 Å². The molecule has 0 atom stereocenters. The van der Waals surface area contributed by atoms with Gasteiger partial charge in [0.2, 0.25) is 0 Å². The molecular weight excluding hydrogens is 288 g/mol. The molecule has 0 saturated carbocycles. The summed E-state index contributed by atoms with van der Waals surface area (Å²) in [5, 5.41) is 0. The molecule has 2 aromatic rings. The molecule has 0 bridgehead atoms. The van der Waals surface area contributed by atoms with Crippen LogP contribution in [0.5, 0.6) is 0 Å². The predicted molar refractivity (Wildman–Crippen MR) is 70.8 cm³/mol. The summed E-state index contributed by atoms with van der Waals surface area (Å²) >= 11 is 9.29. The molecule has 2 rings (SSSR count). The molecule has 4 heteroatoms. The number of imidazole rings is 1. The van der Waals surface area contributed by atoms with E-state index in [0.29, 0.717) is 5.88 Å². The Morgan fingerprint density at radius 3 is 2.44 bits per heavy atom. The topological polar surface area (TPSA) is 28.7 Å². The fourth-order valence-corrected chi connectivity index (χ4v) is 2.02. The van der Waals surface area contributed by atoms with Crippen LogP contribution in [0.3, 0.4) is 0 Å². The van der Waals surface area contributed by atoms with Crippen molar-refractivity contribution in [3.05, 3.63) is 39.6 Å². The Morgan fingerprint density at radius 1 is 1.31 bits per heavy atom. The van der Waals surface area contributed by atoms with E-state index in [1.807, 2.05) is 0 Å². The van der Waals surface area contributed by atoms with Gasteiger partial charge in [-0.2, -0.15) is 0 Å². The summed E-state index contributed by atoms with van der Waals surface area (Å²) in [4.78, 5) is 7.51. The van der Waals surface area contributed by atoms with Gasteiger partial charge in [0, 0.05) is 21.9 Å². The molecule has 0 radical (unpaired) electrons. The van der Waals surface area contributed by atoms with Gasteiger partial charge in [-0.05, 0) is 37.1 Å². The minimum atomic E-state index is 0.460. The van der Waals surface area contributed by atoms with Crippen molar-refractivity contribution in [1.82, 2.24) is 9.97 Å². The van der Waals surface area contributed by atoms with E-state index in [2.05, 4.69) is 51.9 Å². The van der Waals surface area contributed by atoms with Crippen molar-refractivity contribution < 1.29 is 0 Å². The number of H-pyrrole nitrogens is 1. The van der Waals surface area contributed by atoms with Crippen molar-refractivity contribution in [2.75, 3.05) is 0 Å². The number of aryl methyl sites for hydroxylation is 2. The zero-order valence-electron chi connectivity index (χ0n) is 9.14. The molecule has 0 aliphatic rings. The van der Waals surface area contributed by atoms with Gasteiger partial charge in [0.05, 0.1) is 5.88 Å². The lowest BCUT2D eigenvalue weighted by Crippen LogP contribution is -1.87. The van der Waals surface area contributed by atoms with Gasteiger partial charge in [0.1, 0.15) is 5.82 Å². The standard InChI is InChI=1S/C12H12BrClN2/c1-7-3-9(4-8(2)11(7)13)12-15-6-10(5-14)16-12/h3-4,6H,5H2,1-2H3,(H,15,16). The van der Waals surface area contributed by atoms with E-state index in [0.717, 1.165) is 21.6 Å². The van der Waals surface area contributed by atoms with E-state index < -0.39 is 0 Å². The van der Waals surface area contributed by atoms with Crippen molar-refractivity contribution in [3.63, 3.8) is 0 Å². The van der Waals surface area contributed by atoms with Crippen molar-refractivity contribution in [2.24, 2.45) is 0 Å². The Kier molecular flexibility index (Phi) is 3.36. The molecule has 0 aliphatic carbocycles. The Hall–Kier alpha value is -0.800. The summed E-state index contributed by atoms with van der Waals surface area (Å²) in [5.41, 5.74) is 4.45. The second kappa shape index (κ2) is 4.60. The quantitative estimate of drug-likeness (QED) is 0.827. The summed E-state index contributed by atoms with van der Waals surface area (Å²) < 4.78 is 1.15. The van der Waals surface area contributed by atoms with E-state index >= 15 is 0 Å². The first-order valence-electron chi connectivity index (χ1n) is 4.98. The van der Waals surface area contributed by atoms with Gasteiger partial charge in [0.15, 0.2) is 0 Å². The fourth-order valence-electron chi connectivity index (χ4n) is 1.66. The third kappa shape index (κ3) is 2.15. The zero-order valence-corrected chi connectivity index (χ0v) is 11.5. The van der Waals surface area contributed by atoms with Gasteiger partial charge in [-0.3, -0.25) is 0 Å². The van der Waals surface area contributed by atoms with Crippen LogP contribution in [0.25, 0.3) is 11.4 Å². The maximum Gasteiger partial charge on any atom is 0.137 e. The van der Waals surface area contributed by atoms with Crippen LogP contribution in [-0.2, 0) is 5.88 Å². The zero-order chi connectivity index (χ0) is 11.7. The molecule has 0 unspecified atom stereocenters. The van der Waals surface area contributed by atoms with Gasteiger partial charge in [-0.1, -0.05) is 15.9 Å². The summed E-state index contributed by atoms with van der Waals surface area (Å²) in [6, 6.07) is 4.21. The average molecular weight is 300 g/mol. The number of alkyl halides is 1. The van der Waals surface area contributed by atoms with Gasteiger partial charge < -0.3 is 4.98 Å². The minimum absolute atomic E-state index is 0.460. The molecule has 1 heterocycles. The SMILES string of the molecule is Cc1cc(-c2ncc(CCl)[nH]2)cc(C)c1Br. The maximum atomic E-state index is 5.74. The van der Waals surface area contributed by atoms with Crippen LogP contribution in [0.2, 0.25) is 0 Å². The highest BCUT2D eigenvalue weighted by molar-refractivity contribution is 9.10. The first kappa shape index (κ1) is 11.7. The van der Waals surface area contributed by atoms with Gasteiger partial charge in [-0.25, -0.2) is 4.98 Å². The van der Waals surface area contributed by atoms with Crippen molar-refractivity contribution >= 4 is 27.5 Å². The molecule has 16 heavy (non-hydrogen) atoms. The number of rotatable bonds is 2. The lowest BCUT2D eigenvalue weighted by Gasteiger charge is -2.05. The second-order valence-corrected chi connectivity index (χ2v) is 4.87. The number of aromatic amines is 1. The largest absolute Gasteiger partial charge is 0.341 e. The highest BCUT2D eigenvalue weighted by Crippen LogP contribution is 2.27. The average Bonchev–Trinajstić information content (AvgIpc) is 2.73. The Labute approximate surface area is 108 Å². The van der Waals surface area contributed by atoms with Gasteiger partial charge in [-0.15, -0.1) is 11.6 Å². The fraction of sp³-hybridized carbons (Fsp3) is 0.250. The number of benzene rings is 1. The van der Waals surface area contributed by atoms with Crippen LogP contribution in [-0.4, -0.2) is 9.97 Å². The summed E-state index contributed by atoms with van der Waals surface area (Å²) in [7, 11) is 0. The second-order valence-electron chi connectivity index (χ2n) is 3.81. The lowest BCUT2D eigenvalue weighted by atomic mass is 10.1. The Bertz CT molecular complexity index is 496. The van der Waals surface area contributed by atoms with Gasteiger partial charge in [0.25, 0.3) is 0 Å². The van der Waals surface area contributed by atoms with Gasteiger partial charge >= 0.3 is 0 Å². The molecule has 1 aromatic carbocycles. The predicted octanol–water partition coefficient (Wildman–Crippen LogP) is 4.19. The van der Waals surface area contributed by atoms with E-state index in [-0.39, 0.29) is 0 Å². The molecular formula is C12H12BrClN2. The van der Waals surface area contributed by atoms with E-state index in [1.165, 1.54) is 11.1 Å². The third-order valence-corrected chi connectivity index (χ3v) is 4.02. The first-order valence-corrected chi connectivity index (χ1v) is 6.31. The first-order chi connectivity index (χ1) is 7.61. The summed E-state index contributed by atoms with van der Waals surface area (Å²) in [6.45, 7) is 4.15. The molecule has 84 valence electrons. The molecule has 0 amide bonds. The molecule has 0 saturated heterocycles. The number of aromatic nitrogens is 2.